The molecule has 19 heavy (non-hydrogen) atoms. The van der Waals surface area contributed by atoms with Crippen LogP contribution in [0.4, 0.5) is 0 Å². The van der Waals surface area contributed by atoms with Crippen molar-refractivity contribution in [3.63, 3.8) is 0 Å². The average molecular weight is 289 g/mol. The molecule has 1 atom stereocenters. The largest absolute Gasteiger partial charge is 0.233 e. The molecule has 1 N–H and O–H groups in total. The van der Waals surface area contributed by atoms with Crippen LogP contribution in [-0.4, -0.2) is 14.5 Å². The minimum atomic E-state index is -3.31. The van der Waals surface area contributed by atoms with E-state index >= 15 is 0 Å². The van der Waals surface area contributed by atoms with Crippen molar-refractivity contribution in [2.75, 3.05) is 0 Å². The van der Waals surface area contributed by atoms with E-state index in [1.165, 1.54) is 5.41 Å². The number of sulfonamides is 1. The van der Waals surface area contributed by atoms with Crippen molar-refractivity contribution in [3.8, 4) is 0 Å². The van der Waals surface area contributed by atoms with Gasteiger partial charge in [-0.15, -0.1) is 0 Å². The number of nitrogens with one attached hydrogen (secondary N) is 1. The van der Waals surface area contributed by atoms with Gasteiger partial charge in [-0.2, -0.15) is 0 Å². The van der Waals surface area contributed by atoms with E-state index in [2.05, 4.69) is 25.5 Å². The van der Waals surface area contributed by atoms with Crippen molar-refractivity contribution in [2.24, 2.45) is 10.8 Å². The maximum atomic E-state index is 11.8. The van der Waals surface area contributed by atoms with E-state index < -0.39 is 10.0 Å². The molecule has 3 nitrogen and oxygen atoms in total. The van der Waals surface area contributed by atoms with Crippen molar-refractivity contribution in [1.29, 1.82) is 0 Å². The van der Waals surface area contributed by atoms with Gasteiger partial charge in [0.25, 0.3) is 0 Å². The summed E-state index contributed by atoms with van der Waals surface area (Å²) in [7, 11) is -3.31. The second kappa shape index (κ2) is 6.89. The summed E-state index contributed by atoms with van der Waals surface area (Å²) in [6.07, 6.45) is 4.68. The number of rotatable bonds is 6. The summed E-state index contributed by atoms with van der Waals surface area (Å²) >= 11 is 0. The van der Waals surface area contributed by atoms with E-state index in [4.69, 9.17) is 0 Å². The zero-order valence-corrected chi connectivity index (χ0v) is 14.4. The van der Waals surface area contributed by atoms with Crippen LogP contribution in [0.25, 0.3) is 0 Å². The van der Waals surface area contributed by atoms with Gasteiger partial charge in [-0.25, -0.2) is 13.1 Å². The molecule has 0 aliphatic carbocycles. The summed E-state index contributed by atoms with van der Waals surface area (Å²) in [6.45, 7) is 14.5. The number of hydrogen-bond acceptors (Lipinski definition) is 2. The Labute approximate surface area is 119 Å². The molecule has 0 fully saturated rings. The number of hydrogen-bond donors (Lipinski definition) is 1. The van der Waals surface area contributed by atoms with Crippen LogP contribution in [0.1, 0.15) is 67.7 Å². The quantitative estimate of drug-likeness (QED) is 0.749. The topological polar surface area (TPSA) is 46.2 Å². The molecule has 0 saturated carbocycles. The molecule has 0 unspecified atom stereocenters. The Morgan fingerprint density at radius 2 is 1.63 bits per heavy atom. The Hall–Kier alpha value is -0.350. The highest BCUT2D eigenvalue weighted by atomic mass is 32.2. The lowest BCUT2D eigenvalue weighted by atomic mass is 9.89. The Balaban J connectivity index is 4.24. The molecule has 0 aromatic rings. The Bertz CT molecular complexity index is 383. The fraction of sp³-hybridized carbons (Fsp3) is 0.867. The minimum absolute atomic E-state index is 0.0762. The van der Waals surface area contributed by atoms with Crippen LogP contribution >= 0.6 is 0 Å². The Kier molecular flexibility index (Phi) is 6.76. The van der Waals surface area contributed by atoms with Gasteiger partial charge in [-0.3, -0.25) is 0 Å². The van der Waals surface area contributed by atoms with Gasteiger partial charge < -0.3 is 0 Å². The smallest absolute Gasteiger partial charge is 0.208 e. The van der Waals surface area contributed by atoms with Crippen LogP contribution in [0.3, 0.4) is 0 Å². The van der Waals surface area contributed by atoms with Crippen molar-refractivity contribution in [1.82, 2.24) is 4.72 Å². The standard InChI is InChI=1S/C15H31NO2S/c1-13(15(5,6)7)16-19(17,18)12-10-8-9-11-14(2,3)4/h10,12-13,16H,8-9,11H2,1-7H3/b12-10+/t13-/m1/s1. The number of allylic oxidation sites excluding steroid dienone is 1. The van der Waals surface area contributed by atoms with E-state index in [-0.39, 0.29) is 11.5 Å². The molecule has 0 radical (unpaired) electrons. The molecule has 0 amide bonds. The van der Waals surface area contributed by atoms with E-state index in [1.807, 2.05) is 27.7 Å². The molecule has 0 spiro atoms. The average Bonchev–Trinajstić information content (AvgIpc) is 2.12. The maximum Gasteiger partial charge on any atom is 0.233 e. The van der Waals surface area contributed by atoms with Gasteiger partial charge in [0.05, 0.1) is 0 Å². The second-order valence-electron chi connectivity index (χ2n) is 7.58. The van der Waals surface area contributed by atoms with Gasteiger partial charge in [0.2, 0.25) is 10.0 Å². The predicted molar refractivity (Wildman–Crippen MR) is 83.4 cm³/mol. The Morgan fingerprint density at radius 1 is 1.11 bits per heavy atom. The first-order valence-corrected chi connectivity index (χ1v) is 8.57. The van der Waals surface area contributed by atoms with E-state index in [0.29, 0.717) is 5.41 Å². The van der Waals surface area contributed by atoms with Crippen LogP contribution in [0.15, 0.2) is 11.5 Å². The van der Waals surface area contributed by atoms with Gasteiger partial charge in [0.15, 0.2) is 0 Å². The van der Waals surface area contributed by atoms with Crippen molar-refractivity contribution in [2.45, 2.75) is 73.8 Å². The first kappa shape index (κ1) is 18.7. The fourth-order valence-electron chi connectivity index (χ4n) is 1.41. The Morgan fingerprint density at radius 3 is 2.05 bits per heavy atom. The summed E-state index contributed by atoms with van der Waals surface area (Å²) in [4.78, 5) is 0. The zero-order valence-electron chi connectivity index (χ0n) is 13.6. The molecule has 0 aliphatic heterocycles. The van der Waals surface area contributed by atoms with Gasteiger partial charge >= 0.3 is 0 Å². The third-order valence-corrected chi connectivity index (χ3v) is 4.45. The highest BCUT2D eigenvalue weighted by Gasteiger charge is 2.23. The van der Waals surface area contributed by atoms with Crippen LogP contribution in [0, 0.1) is 10.8 Å². The molecule has 0 aromatic heterocycles. The third-order valence-electron chi connectivity index (χ3n) is 3.21. The monoisotopic (exact) mass is 289 g/mol. The van der Waals surface area contributed by atoms with Crippen molar-refractivity contribution in [3.05, 3.63) is 11.5 Å². The molecule has 4 heteroatoms. The molecule has 0 aromatic carbocycles. The lowest BCUT2D eigenvalue weighted by molar-refractivity contribution is 0.318. The van der Waals surface area contributed by atoms with Crippen LogP contribution in [0.2, 0.25) is 0 Å². The highest BCUT2D eigenvalue weighted by molar-refractivity contribution is 7.92. The summed E-state index contributed by atoms with van der Waals surface area (Å²) < 4.78 is 26.4. The molecule has 0 aliphatic rings. The normalized spacial score (nSPS) is 15.9. The molecule has 0 rings (SSSR count). The fourth-order valence-corrected chi connectivity index (χ4v) is 2.72. The molecule has 114 valence electrons. The molecule has 0 bridgehead atoms. The molecular formula is C15H31NO2S. The van der Waals surface area contributed by atoms with E-state index in [9.17, 15) is 8.42 Å². The zero-order chi connectivity index (χ0) is 15.3. The van der Waals surface area contributed by atoms with Crippen LogP contribution in [0.5, 0.6) is 0 Å². The lowest BCUT2D eigenvalue weighted by Gasteiger charge is -2.27. The van der Waals surface area contributed by atoms with Gasteiger partial charge in [0.1, 0.15) is 0 Å². The number of unbranched alkanes of at least 4 members (excludes halogenated alkanes) is 1. The van der Waals surface area contributed by atoms with Crippen LogP contribution in [-0.2, 0) is 10.0 Å². The molecule has 0 heterocycles. The van der Waals surface area contributed by atoms with Gasteiger partial charge in [-0.1, -0.05) is 47.6 Å². The van der Waals surface area contributed by atoms with Crippen LogP contribution < -0.4 is 4.72 Å². The highest BCUT2D eigenvalue weighted by Crippen LogP contribution is 2.22. The first-order valence-electron chi connectivity index (χ1n) is 7.02. The SMILES string of the molecule is C[C@@H](NS(=O)(=O)/C=C/CCCC(C)(C)C)C(C)(C)C. The maximum absolute atomic E-state index is 11.8. The summed E-state index contributed by atoms with van der Waals surface area (Å²) in [5.74, 6) is 0. The second-order valence-corrected chi connectivity index (χ2v) is 9.17. The van der Waals surface area contributed by atoms with Crippen molar-refractivity contribution >= 4 is 10.0 Å². The van der Waals surface area contributed by atoms with Crippen molar-refractivity contribution < 1.29 is 8.42 Å². The summed E-state index contributed by atoms with van der Waals surface area (Å²) in [5.41, 5.74) is 0.235. The molecular weight excluding hydrogens is 258 g/mol. The van der Waals surface area contributed by atoms with E-state index in [0.717, 1.165) is 19.3 Å². The third kappa shape index (κ3) is 10.1. The first-order chi connectivity index (χ1) is 8.33. The summed E-state index contributed by atoms with van der Waals surface area (Å²) in [5, 5.41) is 1.30. The molecule has 0 saturated heterocycles. The minimum Gasteiger partial charge on any atom is -0.208 e. The predicted octanol–water partition coefficient (Wildman–Crippen LogP) is 4.07. The lowest BCUT2D eigenvalue weighted by Crippen LogP contribution is -2.40. The van der Waals surface area contributed by atoms with Gasteiger partial charge in [-0.05, 0) is 37.0 Å². The summed E-state index contributed by atoms with van der Waals surface area (Å²) in [6, 6.07) is -0.0864. The van der Waals surface area contributed by atoms with Gasteiger partial charge in [0, 0.05) is 11.4 Å². The van der Waals surface area contributed by atoms with E-state index in [1.54, 1.807) is 6.08 Å².